The number of carbonyl (C=O) groups is 1. The number of hydrogen-bond acceptors (Lipinski definition) is 2. The van der Waals surface area contributed by atoms with Crippen molar-refractivity contribution in [3.8, 4) is 0 Å². The fourth-order valence-corrected chi connectivity index (χ4v) is 4.04. The van der Waals surface area contributed by atoms with Crippen molar-refractivity contribution in [3.05, 3.63) is 53.6 Å². The third kappa shape index (κ3) is 2.81. The lowest BCUT2D eigenvalue weighted by atomic mass is 10.0. The van der Waals surface area contributed by atoms with Crippen molar-refractivity contribution < 1.29 is 4.79 Å². The van der Waals surface area contributed by atoms with Crippen LogP contribution in [0.15, 0.2) is 32.5 Å². The normalized spacial score (nSPS) is 10.6. The number of rotatable bonds is 2. The van der Waals surface area contributed by atoms with E-state index in [1.807, 2.05) is 13.0 Å². The lowest BCUT2D eigenvalue weighted by Gasteiger charge is -2.03. The van der Waals surface area contributed by atoms with Gasteiger partial charge in [-0.2, -0.15) is 0 Å². The third-order valence-corrected chi connectivity index (χ3v) is 4.75. The fraction of sp³-hybridized carbons (Fsp3) is 0.0833. The highest BCUT2D eigenvalue weighted by Crippen LogP contribution is 2.30. The molecule has 5 heteroatoms. The van der Waals surface area contributed by atoms with Crippen molar-refractivity contribution in [1.29, 1.82) is 0 Å². The van der Waals surface area contributed by atoms with Crippen LogP contribution in [0.1, 0.15) is 20.8 Å². The van der Waals surface area contributed by atoms with E-state index in [2.05, 4.69) is 31.9 Å². The standard InChI is InChI=1S/C12H7Br2ClOS/c1-6-9(5-11(14)17-6)12(16)8-3-2-7(15)4-10(8)13/h2-5H,1H3. The van der Waals surface area contributed by atoms with Crippen molar-refractivity contribution in [3.63, 3.8) is 0 Å². The van der Waals surface area contributed by atoms with E-state index in [1.165, 1.54) is 0 Å². The molecular formula is C12H7Br2ClOS. The van der Waals surface area contributed by atoms with Gasteiger partial charge in [-0.15, -0.1) is 11.3 Å². The molecule has 0 saturated heterocycles. The molecule has 0 atom stereocenters. The second kappa shape index (κ2) is 5.22. The van der Waals surface area contributed by atoms with E-state index in [1.54, 1.807) is 29.5 Å². The summed E-state index contributed by atoms with van der Waals surface area (Å²) in [5.74, 6) is 0.00740. The van der Waals surface area contributed by atoms with Crippen LogP contribution in [0.25, 0.3) is 0 Å². The number of hydrogen-bond donors (Lipinski definition) is 0. The maximum atomic E-state index is 12.3. The monoisotopic (exact) mass is 392 g/mol. The molecule has 0 aliphatic carbocycles. The summed E-state index contributed by atoms with van der Waals surface area (Å²) in [4.78, 5) is 13.3. The molecule has 1 aromatic carbocycles. The number of benzene rings is 1. The summed E-state index contributed by atoms with van der Waals surface area (Å²) in [5.41, 5.74) is 1.35. The van der Waals surface area contributed by atoms with Crippen molar-refractivity contribution in [2.75, 3.05) is 0 Å². The Kier molecular flexibility index (Phi) is 4.08. The molecule has 2 rings (SSSR count). The van der Waals surface area contributed by atoms with E-state index >= 15 is 0 Å². The number of thiophene rings is 1. The van der Waals surface area contributed by atoms with Crippen LogP contribution in [0.5, 0.6) is 0 Å². The van der Waals surface area contributed by atoms with Gasteiger partial charge in [0.1, 0.15) is 0 Å². The zero-order chi connectivity index (χ0) is 12.6. The predicted molar refractivity (Wildman–Crippen MR) is 79.3 cm³/mol. The second-order valence-corrected chi connectivity index (χ2v) is 7.40. The molecule has 1 nitrogen and oxygen atoms in total. The molecule has 1 heterocycles. The highest BCUT2D eigenvalue weighted by Gasteiger charge is 2.17. The Morgan fingerprint density at radius 2 is 1.94 bits per heavy atom. The maximum Gasteiger partial charge on any atom is 0.195 e. The Balaban J connectivity index is 2.47. The van der Waals surface area contributed by atoms with Crippen molar-refractivity contribution in [1.82, 2.24) is 0 Å². The van der Waals surface area contributed by atoms with E-state index < -0.39 is 0 Å². The summed E-state index contributed by atoms with van der Waals surface area (Å²) >= 11 is 14.2. The van der Waals surface area contributed by atoms with Gasteiger partial charge in [-0.1, -0.05) is 11.6 Å². The molecule has 0 aliphatic rings. The molecule has 2 aromatic rings. The molecule has 88 valence electrons. The molecule has 17 heavy (non-hydrogen) atoms. The van der Waals surface area contributed by atoms with Crippen molar-refractivity contribution in [2.45, 2.75) is 6.92 Å². The lowest BCUT2D eigenvalue weighted by Crippen LogP contribution is -2.02. The van der Waals surface area contributed by atoms with Crippen LogP contribution in [0, 0.1) is 6.92 Å². The van der Waals surface area contributed by atoms with Crippen LogP contribution in [0.3, 0.4) is 0 Å². The first kappa shape index (κ1) is 13.3. The van der Waals surface area contributed by atoms with Crippen LogP contribution in [0.4, 0.5) is 0 Å². The van der Waals surface area contributed by atoms with E-state index in [4.69, 9.17) is 11.6 Å². The van der Waals surface area contributed by atoms with E-state index in [9.17, 15) is 4.79 Å². The molecule has 0 bridgehead atoms. The highest BCUT2D eigenvalue weighted by molar-refractivity contribution is 9.11. The number of ketones is 1. The van der Waals surface area contributed by atoms with Crippen LogP contribution in [-0.4, -0.2) is 5.78 Å². The molecule has 0 N–H and O–H groups in total. The van der Waals surface area contributed by atoms with Crippen LogP contribution in [-0.2, 0) is 0 Å². The van der Waals surface area contributed by atoms with Gasteiger partial charge < -0.3 is 0 Å². The van der Waals surface area contributed by atoms with Gasteiger partial charge >= 0.3 is 0 Å². The van der Waals surface area contributed by atoms with Crippen LogP contribution < -0.4 is 0 Å². The Labute approximate surface area is 125 Å². The minimum absolute atomic E-state index is 0.00740. The predicted octanol–water partition coefficient (Wildman–Crippen LogP) is 5.47. The molecule has 0 spiro atoms. The Morgan fingerprint density at radius 3 is 2.47 bits per heavy atom. The first-order valence-corrected chi connectivity index (χ1v) is 7.53. The summed E-state index contributed by atoms with van der Waals surface area (Å²) in [6.07, 6.45) is 0. The number of aryl methyl sites for hydroxylation is 1. The third-order valence-electron chi connectivity index (χ3n) is 2.31. The van der Waals surface area contributed by atoms with Gasteiger partial charge in [0.15, 0.2) is 5.78 Å². The molecule has 0 unspecified atom stereocenters. The van der Waals surface area contributed by atoms with Gasteiger partial charge in [0.05, 0.1) is 3.79 Å². The van der Waals surface area contributed by atoms with Crippen LogP contribution >= 0.6 is 54.8 Å². The lowest BCUT2D eigenvalue weighted by molar-refractivity contribution is 0.103. The summed E-state index contributed by atoms with van der Waals surface area (Å²) in [6.45, 7) is 1.94. The Morgan fingerprint density at radius 1 is 1.24 bits per heavy atom. The Bertz CT molecular complexity index is 592. The first-order chi connectivity index (χ1) is 7.99. The summed E-state index contributed by atoms with van der Waals surface area (Å²) < 4.78 is 1.68. The average molecular weight is 395 g/mol. The quantitative estimate of drug-likeness (QED) is 0.618. The van der Waals surface area contributed by atoms with Gasteiger partial charge in [0.25, 0.3) is 0 Å². The van der Waals surface area contributed by atoms with Gasteiger partial charge in [0, 0.05) is 25.5 Å². The topological polar surface area (TPSA) is 17.1 Å². The Hall–Kier alpha value is -0.160. The highest BCUT2D eigenvalue weighted by atomic mass is 79.9. The van der Waals surface area contributed by atoms with Gasteiger partial charge in [-0.3, -0.25) is 4.79 Å². The summed E-state index contributed by atoms with van der Waals surface area (Å²) in [5, 5.41) is 0.608. The molecule has 0 fully saturated rings. The maximum absolute atomic E-state index is 12.3. The first-order valence-electron chi connectivity index (χ1n) is 4.74. The SMILES string of the molecule is Cc1sc(Br)cc1C(=O)c1ccc(Cl)cc1Br. The van der Waals surface area contributed by atoms with Gasteiger partial charge in [-0.05, 0) is 63.0 Å². The fourth-order valence-electron chi connectivity index (χ4n) is 1.49. The van der Waals surface area contributed by atoms with E-state index in [-0.39, 0.29) is 5.78 Å². The average Bonchev–Trinajstić information content (AvgIpc) is 2.57. The minimum atomic E-state index is 0.00740. The molecular weight excluding hydrogens is 387 g/mol. The second-order valence-electron chi connectivity index (χ2n) is 3.47. The van der Waals surface area contributed by atoms with E-state index in [0.717, 1.165) is 18.7 Å². The van der Waals surface area contributed by atoms with E-state index in [0.29, 0.717) is 10.6 Å². The molecule has 1 aromatic heterocycles. The number of carbonyl (C=O) groups excluding carboxylic acids is 1. The van der Waals surface area contributed by atoms with Gasteiger partial charge in [0.2, 0.25) is 0 Å². The largest absolute Gasteiger partial charge is 0.289 e. The van der Waals surface area contributed by atoms with Gasteiger partial charge in [-0.25, -0.2) is 0 Å². The zero-order valence-electron chi connectivity index (χ0n) is 8.76. The molecule has 0 amide bonds. The smallest absolute Gasteiger partial charge is 0.195 e. The van der Waals surface area contributed by atoms with Crippen molar-refractivity contribution in [2.24, 2.45) is 0 Å². The minimum Gasteiger partial charge on any atom is -0.289 e. The molecule has 0 saturated carbocycles. The summed E-state index contributed by atoms with van der Waals surface area (Å²) in [6, 6.07) is 7.03. The summed E-state index contributed by atoms with van der Waals surface area (Å²) in [7, 11) is 0. The van der Waals surface area contributed by atoms with Crippen molar-refractivity contribution >= 4 is 60.6 Å². The molecule has 0 aliphatic heterocycles. The number of halogens is 3. The zero-order valence-corrected chi connectivity index (χ0v) is 13.5. The molecule has 0 radical (unpaired) electrons. The van der Waals surface area contributed by atoms with Crippen LogP contribution in [0.2, 0.25) is 5.02 Å².